The maximum Gasteiger partial charge on any atom is 0.0556 e. The first-order valence-corrected chi connectivity index (χ1v) is 10.6. The van der Waals surface area contributed by atoms with Gasteiger partial charge in [0.15, 0.2) is 0 Å². The van der Waals surface area contributed by atoms with E-state index in [1.165, 1.54) is 75.7 Å². The molecule has 0 aliphatic carbocycles. The van der Waals surface area contributed by atoms with Gasteiger partial charge in [-0.1, -0.05) is 72.1 Å². The summed E-state index contributed by atoms with van der Waals surface area (Å²) in [5.74, 6) is 2.77. The monoisotopic (exact) mass is 302 g/mol. The van der Waals surface area contributed by atoms with Crippen molar-refractivity contribution in [3.8, 4) is 0 Å². The summed E-state index contributed by atoms with van der Waals surface area (Å²) in [7, 11) is 0. The van der Waals surface area contributed by atoms with Crippen LogP contribution in [-0.4, -0.2) is 16.1 Å². The van der Waals surface area contributed by atoms with Crippen LogP contribution in [0.1, 0.15) is 85.0 Å². The van der Waals surface area contributed by atoms with Crippen LogP contribution in [0.15, 0.2) is 0 Å². The van der Waals surface area contributed by atoms with Gasteiger partial charge < -0.3 is 0 Å². The summed E-state index contributed by atoms with van der Waals surface area (Å²) in [5.41, 5.74) is 0.604. The van der Waals surface area contributed by atoms with Crippen LogP contribution in [0.3, 0.4) is 0 Å². The zero-order chi connectivity index (χ0) is 14.0. The predicted octanol–water partition coefficient (Wildman–Crippen LogP) is 6.74. The third-order valence-corrected chi connectivity index (χ3v) is 8.09. The molecule has 0 atom stereocenters. The Morgan fingerprint density at radius 2 is 1.26 bits per heavy atom. The van der Waals surface area contributed by atoms with E-state index in [9.17, 15) is 0 Å². The van der Waals surface area contributed by atoms with Crippen molar-refractivity contribution in [3.63, 3.8) is 0 Å². The van der Waals surface area contributed by atoms with Crippen molar-refractivity contribution < 1.29 is 0 Å². The van der Waals surface area contributed by atoms with E-state index in [1.807, 2.05) is 0 Å². The van der Waals surface area contributed by atoms with E-state index in [1.54, 1.807) is 0 Å². The largest absolute Gasteiger partial charge is 0.146 e. The van der Waals surface area contributed by atoms with Crippen LogP contribution in [0.2, 0.25) is 0 Å². The normalized spacial score (nSPS) is 17.2. The first kappa shape index (κ1) is 17.8. The zero-order valence-electron chi connectivity index (χ0n) is 13.4. The van der Waals surface area contributed by atoms with Gasteiger partial charge in [0, 0.05) is 11.5 Å². The number of rotatable bonds is 11. The SMILES string of the molecule is CCCCCCC(C)(CCCCCC)C1SCCS1. The van der Waals surface area contributed by atoms with Crippen molar-refractivity contribution in [2.45, 2.75) is 89.6 Å². The molecule has 1 aliphatic heterocycles. The summed E-state index contributed by atoms with van der Waals surface area (Å²) in [6.45, 7) is 7.21. The summed E-state index contributed by atoms with van der Waals surface area (Å²) >= 11 is 4.48. The zero-order valence-corrected chi connectivity index (χ0v) is 15.0. The van der Waals surface area contributed by atoms with Crippen LogP contribution < -0.4 is 0 Å². The molecule has 0 bridgehead atoms. The minimum atomic E-state index is 0.604. The lowest BCUT2D eigenvalue weighted by molar-refractivity contribution is 0.278. The Balaban J connectivity index is 2.36. The van der Waals surface area contributed by atoms with Crippen molar-refractivity contribution in [1.29, 1.82) is 0 Å². The summed E-state index contributed by atoms with van der Waals surface area (Å²) in [6, 6.07) is 0. The Kier molecular flexibility index (Phi) is 9.74. The topological polar surface area (TPSA) is 0 Å². The van der Waals surface area contributed by atoms with Gasteiger partial charge in [0.1, 0.15) is 0 Å². The lowest BCUT2D eigenvalue weighted by atomic mass is 9.81. The number of thioether (sulfide) groups is 2. The smallest absolute Gasteiger partial charge is 0.0556 e. The lowest BCUT2D eigenvalue weighted by Gasteiger charge is -2.35. The Bertz CT molecular complexity index is 197. The minimum Gasteiger partial charge on any atom is -0.146 e. The van der Waals surface area contributed by atoms with Crippen molar-refractivity contribution in [1.82, 2.24) is 0 Å². The second-order valence-corrected chi connectivity index (χ2v) is 9.07. The average Bonchev–Trinajstić information content (AvgIpc) is 2.95. The number of hydrogen-bond donors (Lipinski definition) is 0. The van der Waals surface area contributed by atoms with Crippen molar-refractivity contribution in [3.05, 3.63) is 0 Å². The predicted molar refractivity (Wildman–Crippen MR) is 94.3 cm³/mol. The molecule has 19 heavy (non-hydrogen) atoms. The van der Waals surface area contributed by atoms with Gasteiger partial charge in [0.05, 0.1) is 4.58 Å². The highest BCUT2D eigenvalue weighted by Gasteiger charge is 2.36. The molecule has 1 saturated heterocycles. The molecular weight excluding hydrogens is 268 g/mol. The maximum atomic E-state index is 2.58. The van der Waals surface area contributed by atoms with E-state index in [-0.39, 0.29) is 0 Å². The first-order chi connectivity index (χ1) is 9.23. The van der Waals surface area contributed by atoms with Crippen LogP contribution >= 0.6 is 23.5 Å². The van der Waals surface area contributed by atoms with Crippen molar-refractivity contribution in [2.75, 3.05) is 11.5 Å². The average molecular weight is 303 g/mol. The maximum absolute atomic E-state index is 2.58. The van der Waals surface area contributed by atoms with Gasteiger partial charge in [-0.3, -0.25) is 0 Å². The standard InChI is InChI=1S/C17H34S2/c1-4-6-8-10-12-17(3,13-11-9-7-5-2)16-18-14-15-19-16/h16H,4-15H2,1-3H3. The lowest BCUT2D eigenvalue weighted by Crippen LogP contribution is -2.26. The highest BCUT2D eigenvalue weighted by molar-refractivity contribution is 8.20. The second-order valence-electron chi connectivity index (χ2n) is 6.35. The summed E-state index contributed by atoms with van der Waals surface area (Å²) in [4.78, 5) is 0. The second kappa shape index (κ2) is 10.4. The van der Waals surface area contributed by atoms with Crippen LogP contribution in [-0.2, 0) is 0 Å². The molecule has 0 aromatic heterocycles. The van der Waals surface area contributed by atoms with Crippen molar-refractivity contribution >= 4 is 23.5 Å². The fraction of sp³-hybridized carbons (Fsp3) is 1.00. The molecule has 0 radical (unpaired) electrons. The molecule has 0 spiro atoms. The van der Waals surface area contributed by atoms with E-state index in [0.717, 1.165) is 4.58 Å². The van der Waals surface area contributed by atoms with Crippen LogP contribution in [0.25, 0.3) is 0 Å². The fourth-order valence-electron chi connectivity index (χ4n) is 3.03. The van der Waals surface area contributed by atoms with Crippen LogP contribution in [0.5, 0.6) is 0 Å². The third kappa shape index (κ3) is 6.80. The van der Waals surface area contributed by atoms with Crippen molar-refractivity contribution in [2.24, 2.45) is 5.41 Å². The fourth-order valence-corrected chi connectivity index (χ4v) is 6.47. The highest BCUT2D eigenvalue weighted by Crippen LogP contribution is 2.49. The van der Waals surface area contributed by atoms with Gasteiger partial charge in [-0.2, -0.15) is 0 Å². The van der Waals surface area contributed by atoms with E-state index < -0.39 is 0 Å². The summed E-state index contributed by atoms with van der Waals surface area (Å²) in [5, 5.41) is 0. The Hall–Kier alpha value is 0.700. The van der Waals surface area contributed by atoms with Crippen LogP contribution in [0, 0.1) is 5.41 Å². The molecule has 0 unspecified atom stereocenters. The van der Waals surface area contributed by atoms with Gasteiger partial charge in [-0.05, 0) is 18.3 Å². The van der Waals surface area contributed by atoms with Gasteiger partial charge in [0.2, 0.25) is 0 Å². The van der Waals surface area contributed by atoms with E-state index in [2.05, 4.69) is 44.3 Å². The molecule has 1 rings (SSSR count). The van der Waals surface area contributed by atoms with Gasteiger partial charge >= 0.3 is 0 Å². The highest BCUT2D eigenvalue weighted by atomic mass is 32.2. The minimum absolute atomic E-state index is 0.604. The summed E-state index contributed by atoms with van der Waals surface area (Å²) < 4.78 is 0.885. The molecule has 0 aromatic rings. The van der Waals surface area contributed by atoms with Gasteiger partial charge in [-0.15, -0.1) is 23.5 Å². The summed E-state index contributed by atoms with van der Waals surface area (Å²) in [6.07, 6.45) is 14.3. The number of unbranched alkanes of at least 4 members (excludes halogenated alkanes) is 6. The molecule has 0 nitrogen and oxygen atoms in total. The van der Waals surface area contributed by atoms with Gasteiger partial charge in [0.25, 0.3) is 0 Å². The first-order valence-electron chi connectivity index (χ1n) is 8.46. The Morgan fingerprint density at radius 1 is 0.789 bits per heavy atom. The number of hydrogen-bond acceptors (Lipinski definition) is 2. The quantitative estimate of drug-likeness (QED) is 0.388. The molecule has 0 saturated carbocycles. The molecule has 0 N–H and O–H groups in total. The molecule has 1 fully saturated rings. The van der Waals surface area contributed by atoms with Crippen LogP contribution in [0.4, 0.5) is 0 Å². The molecule has 2 heteroatoms. The van der Waals surface area contributed by atoms with E-state index in [0.29, 0.717) is 5.41 Å². The Morgan fingerprint density at radius 3 is 1.68 bits per heavy atom. The molecule has 0 aromatic carbocycles. The molecule has 0 amide bonds. The molecule has 114 valence electrons. The van der Waals surface area contributed by atoms with E-state index >= 15 is 0 Å². The third-order valence-electron chi connectivity index (χ3n) is 4.39. The Labute approximate surface area is 130 Å². The molecular formula is C17H34S2. The molecule has 1 aliphatic rings. The van der Waals surface area contributed by atoms with E-state index in [4.69, 9.17) is 0 Å². The molecule has 1 heterocycles. The van der Waals surface area contributed by atoms with Gasteiger partial charge in [-0.25, -0.2) is 0 Å².